The number of carbonyl (C=O) groups excluding carboxylic acids is 1. The summed E-state index contributed by atoms with van der Waals surface area (Å²) in [4.78, 5) is 11.9. The molecule has 0 unspecified atom stereocenters. The maximum absolute atomic E-state index is 11.9. The molecule has 0 saturated heterocycles. The highest BCUT2D eigenvalue weighted by Crippen LogP contribution is 2.49. The van der Waals surface area contributed by atoms with E-state index in [1.54, 1.807) is 25.3 Å². The van der Waals surface area contributed by atoms with Gasteiger partial charge in [-0.1, -0.05) is 37.6 Å². The Morgan fingerprint density at radius 2 is 1.93 bits per heavy atom. The molecule has 0 radical (unpaired) electrons. The van der Waals surface area contributed by atoms with Crippen LogP contribution in [0.1, 0.15) is 19.8 Å². The molecule has 27 heavy (non-hydrogen) atoms. The SMILES string of the molecule is C=CC(=O)Nc1ccc(OC)c(OC)c1-c1c(Cl)cccc1OCCCC. The van der Waals surface area contributed by atoms with Gasteiger partial charge >= 0.3 is 0 Å². The van der Waals surface area contributed by atoms with Crippen LogP contribution >= 0.6 is 11.6 Å². The number of anilines is 1. The zero-order valence-electron chi connectivity index (χ0n) is 15.8. The van der Waals surface area contributed by atoms with Gasteiger partial charge in [0.05, 0.1) is 37.1 Å². The lowest BCUT2D eigenvalue weighted by Crippen LogP contribution is -2.10. The molecule has 2 aromatic carbocycles. The lowest BCUT2D eigenvalue weighted by molar-refractivity contribution is -0.111. The second-order valence-electron chi connectivity index (χ2n) is 5.73. The minimum absolute atomic E-state index is 0.344. The number of hydrogen-bond acceptors (Lipinski definition) is 4. The lowest BCUT2D eigenvalue weighted by Gasteiger charge is -2.20. The third kappa shape index (κ3) is 4.74. The van der Waals surface area contributed by atoms with Crippen molar-refractivity contribution in [3.63, 3.8) is 0 Å². The first-order valence-electron chi connectivity index (χ1n) is 8.67. The number of hydrogen-bond donors (Lipinski definition) is 1. The van der Waals surface area contributed by atoms with E-state index in [4.69, 9.17) is 25.8 Å². The van der Waals surface area contributed by atoms with Crippen molar-refractivity contribution in [1.82, 2.24) is 0 Å². The van der Waals surface area contributed by atoms with E-state index >= 15 is 0 Å². The summed E-state index contributed by atoms with van der Waals surface area (Å²) >= 11 is 6.53. The first kappa shape index (κ1) is 20.6. The van der Waals surface area contributed by atoms with Crippen molar-refractivity contribution < 1.29 is 19.0 Å². The Kier molecular flexibility index (Phi) is 7.55. The number of benzene rings is 2. The maximum atomic E-state index is 11.9. The average Bonchev–Trinajstić information content (AvgIpc) is 2.68. The van der Waals surface area contributed by atoms with E-state index in [0.717, 1.165) is 12.8 Å². The zero-order valence-corrected chi connectivity index (χ0v) is 16.6. The van der Waals surface area contributed by atoms with Gasteiger partial charge in [-0.2, -0.15) is 0 Å². The molecule has 0 spiro atoms. The lowest BCUT2D eigenvalue weighted by atomic mass is 10.00. The zero-order chi connectivity index (χ0) is 19.8. The highest BCUT2D eigenvalue weighted by Gasteiger charge is 2.23. The molecule has 1 amide bonds. The number of halogens is 1. The summed E-state index contributed by atoms with van der Waals surface area (Å²) in [6.07, 6.45) is 3.13. The molecule has 0 aliphatic heterocycles. The third-order valence-electron chi connectivity index (χ3n) is 3.97. The summed E-state index contributed by atoms with van der Waals surface area (Å²) in [5.41, 5.74) is 1.74. The molecule has 0 bridgehead atoms. The quantitative estimate of drug-likeness (QED) is 0.465. The molecule has 0 aliphatic rings. The molecule has 2 rings (SSSR count). The highest BCUT2D eigenvalue weighted by atomic mass is 35.5. The molecule has 2 aromatic rings. The molecular weight excluding hydrogens is 366 g/mol. The topological polar surface area (TPSA) is 56.8 Å². The van der Waals surface area contributed by atoms with Gasteiger partial charge in [0.1, 0.15) is 5.75 Å². The Morgan fingerprint density at radius 1 is 1.15 bits per heavy atom. The van der Waals surface area contributed by atoms with Gasteiger partial charge in [0, 0.05) is 5.56 Å². The molecule has 0 aromatic heterocycles. The van der Waals surface area contributed by atoms with Crippen LogP contribution in [0.25, 0.3) is 11.1 Å². The van der Waals surface area contributed by atoms with Gasteiger partial charge in [0.25, 0.3) is 0 Å². The van der Waals surface area contributed by atoms with Crippen LogP contribution < -0.4 is 19.5 Å². The average molecular weight is 390 g/mol. The summed E-state index contributed by atoms with van der Waals surface area (Å²) in [5, 5.41) is 3.28. The highest BCUT2D eigenvalue weighted by molar-refractivity contribution is 6.34. The Bertz CT molecular complexity index is 820. The minimum atomic E-state index is -0.344. The predicted molar refractivity (Wildman–Crippen MR) is 109 cm³/mol. The summed E-state index contributed by atoms with van der Waals surface area (Å²) in [5.74, 6) is 1.23. The minimum Gasteiger partial charge on any atom is -0.493 e. The molecule has 6 heteroatoms. The van der Waals surface area contributed by atoms with E-state index in [2.05, 4.69) is 18.8 Å². The number of carbonyl (C=O) groups is 1. The molecule has 0 aliphatic carbocycles. The van der Waals surface area contributed by atoms with Gasteiger partial charge in [0.15, 0.2) is 11.5 Å². The van der Waals surface area contributed by atoms with Gasteiger partial charge in [-0.15, -0.1) is 0 Å². The number of ether oxygens (including phenoxy) is 3. The van der Waals surface area contributed by atoms with Crippen molar-refractivity contribution in [2.24, 2.45) is 0 Å². The smallest absolute Gasteiger partial charge is 0.247 e. The van der Waals surface area contributed by atoms with Crippen LogP contribution in [-0.4, -0.2) is 26.7 Å². The van der Waals surface area contributed by atoms with E-state index in [1.807, 2.05) is 12.1 Å². The normalized spacial score (nSPS) is 10.2. The van der Waals surface area contributed by atoms with Crippen molar-refractivity contribution in [3.05, 3.63) is 48.0 Å². The van der Waals surface area contributed by atoms with Crippen molar-refractivity contribution in [1.29, 1.82) is 0 Å². The Hall–Kier alpha value is -2.66. The van der Waals surface area contributed by atoms with Crippen LogP contribution in [0.4, 0.5) is 5.69 Å². The largest absolute Gasteiger partial charge is 0.493 e. The van der Waals surface area contributed by atoms with E-state index in [1.165, 1.54) is 13.2 Å². The maximum Gasteiger partial charge on any atom is 0.247 e. The first-order chi connectivity index (χ1) is 13.1. The number of unbranched alkanes of at least 4 members (excludes halogenated alkanes) is 1. The van der Waals surface area contributed by atoms with Crippen molar-refractivity contribution in [2.45, 2.75) is 19.8 Å². The fraction of sp³-hybridized carbons (Fsp3) is 0.286. The molecule has 1 N–H and O–H groups in total. The van der Waals surface area contributed by atoms with Gasteiger partial charge in [-0.25, -0.2) is 0 Å². The number of methoxy groups -OCH3 is 2. The third-order valence-corrected chi connectivity index (χ3v) is 4.28. The van der Waals surface area contributed by atoms with Gasteiger partial charge in [-0.3, -0.25) is 4.79 Å². The number of rotatable bonds is 9. The van der Waals surface area contributed by atoms with E-state index in [9.17, 15) is 4.79 Å². The molecule has 5 nitrogen and oxygen atoms in total. The van der Waals surface area contributed by atoms with Crippen molar-refractivity contribution in [2.75, 3.05) is 26.1 Å². The molecular formula is C21H24ClNO4. The summed E-state index contributed by atoms with van der Waals surface area (Å²) in [6, 6.07) is 8.88. The van der Waals surface area contributed by atoms with Crippen molar-refractivity contribution in [3.8, 4) is 28.4 Å². The summed E-state index contributed by atoms with van der Waals surface area (Å²) < 4.78 is 17.0. The fourth-order valence-electron chi connectivity index (χ4n) is 2.66. The standard InChI is InChI=1S/C21H24ClNO4/c1-5-7-13-27-16-10-8-9-14(22)19(16)20-15(23-18(24)6-2)11-12-17(25-3)21(20)26-4/h6,8-12H,2,5,7,13H2,1,3-4H3,(H,23,24). The summed E-state index contributed by atoms with van der Waals surface area (Å²) in [6.45, 7) is 6.16. The molecule has 0 atom stereocenters. The molecule has 0 heterocycles. The van der Waals surface area contributed by atoms with Gasteiger partial charge in [0.2, 0.25) is 5.91 Å². The van der Waals surface area contributed by atoms with Crippen LogP contribution in [0, 0.1) is 0 Å². The number of amides is 1. The molecule has 0 saturated carbocycles. The monoisotopic (exact) mass is 389 g/mol. The van der Waals surface area contributed by atoms with E-state index < -0.39 is 0 Å². The van der Waals surface area contributed by atoms with Crippen LogP contribution in [-0.2, 0) is 4.79 Å². The van der Waals surface area contributed by atoms with E-state index in [0.29, 0.717) is 45.7 Å². The summed E-state index contributed by atoms with van der Waals surface area (Å²) in [7, 11) is 3.09. The van der Waals surface area contributed by atoms with Gasteiger partial charge < -0.3 is 19.5 Å². The fourth-order valence-corrected chi connectivity index (χ4v) is 2.92. The van der Waals surface area contributed by atoms with Gasteiger partial charge in [-0.05, 0) is 36.8 Å². The first-order valence-corrected chi connectivity index (χ1v) is 9.05. The Labute approximate surface area is 164 Å². The van der Waals surface area contributed by atoms with Crippen LogP contribution in [0.5, 0.6) is 17.2 Å². The second-order valence-corrected chi connectivity index (χ2v) is 6.14. The Morgan fingerprint density at radius 3 is 2.56 bits per heavy atom. The molecule has 144 valence electrons. The van der Waals surface area contributed by atoms with Crippen LogP contribution in [0.3, 0.4) is 0 Å². The van der Waals surface area contributed by atoms with E-state index in [-0.39, 0.29) is 5.91 Å². The predicted octanol–water partition coefficient (Wildman–Crippen LogP) is 5.33. The van der Waals surface area contributed by atoms with Crippen LogP contribution in [0.15, 0.2) is 43.0 Å². The van der Waals surface area contributed by atoms with Crippen LogP contribution in [0.2, 0.25) is 5.02 Å². The Balaban J connectivity index is 2.71. The van der Waals surface area contributed by atoms with Crippen molar-refractivity contribution >= 4 is 23.2 Å². The second kappa shape index (κ2) is 9.88. The molecule has 0 fully saturated rings. The number of nitrogens with one attached hydrogen (secondary N) is 1.